The maximum atomic E-state index is 12.0. The molecular formula is C15H18N2O3. The van der Waals surface area contributed by atoms with E-state index in [-0.39, 0.29) is 5.97 Å². The summed E-state index contributed by atoms with van der Waals surface area (Å²) in [4.78, 5) is 13.9. The third-order valence-corrected chi connectivity index (χ3v) is 2.92. The Bertz CT molecular complexity index is 579. The summed E-state index contributed by atoms with van der Waals surface area (Å²) in [6.45, 7) is 2.62. The van der Waals surface area contributed by atoms with Crippen molar-refractivity contribution >= 4 is 17.3 Å². The second-order valence-corrected chi connectivity index (χ2v) is 4.40. The van der Waals surface area contributed by atoms with Crippen LogP contribution in [-0.2, 0) is 11.3 Å². The van der Waals surface area contributed by atoms with Crippen molar-refractivity contribution < 1.29 is 13.9 Å². The number of esters is 1. The largest absolute Gasteiger partial charge is 0.467 e. The molecule has 5 nitrogen and oxygen atoms in total. The highest BCUT2D eigenvalue weighted by molar-refractivity contribution is 5.99. The number of rotatable bonds is 5. The molecule has 0 aliphatic rings. The lowest BCUT2D eigenvalue weighted by Crippen LogP contribution is -2.21. The molecule has 0 saturated heterocycles. The molecule has 0 radical (unpaired) electrons. The average molecular weight is 274 g/mol. The normalized spacial score (nSPS) is 10.3. The van der Waals surface area contributed by atoms with Gasteiger partial charge in [-0.05, 0) is 31.2 Å². The van der Waals surface area contributed by atoms with Crippen LogP contribution in [0.1, 0.15) is 23.0 Å². The number of nitrogen functional groups attached to an aromatic ring is 1. The molecule has 0 saturated carbocycles. The van der Waals surface area contributed by atoms with Gasteiger partial charge in [0.15, 0.2) is 0 Å². The predicted octanol–water partition coefficient (Wildman–Crippen LogP) is 2.67. The number of ether oxygens (including phenoxy) is 1. The molecule has 0 amide bonds. The minimum atomic E-state index is -0.374. The fourth-order valence-corrected chi connectivity index (χ4v) is 2.08. The Morgan fingerprint density at radius 3 is 2.80 bits per heavy atom. The number of carbonyl (C=O) groups excluding carboxylic acids is 1. The van der Waals surface area contributed by atoms with Gasteiger partial charge in [-0.3, -0.25) is 0 Å². The highest BCUT2D eigenvalue weighted by Gasteiger charge is 2.18. The molecule has 0 aliphatic heterocycles. The van der Waals surface area contributed by atoms with Crippen LogP contribution in [0.2, 0.25) is 0 Å². The van der Waals surface area contributed by atoms with Crippen molar-refractivity contribution in [1.82, 2.24) is 0 Å². The zero-order valence-electron chi connectivity index (χ0n) is 11.6. The highest BCUT2D eigenvalue weighted by Crippen LogP contribution is 2.29. The summed E-state index contributed by atoms with van der Waals surface area (Å²) in [5.74, 6) is 0.423. The second-order valence-electron chi connectivity index (χ2n) is 4.40. The molecule has 20 heavy (non-hydrogen) atoms. The first kappa shape index (κ1) is 14.0. The quantitative estimate of drug-likeness (QED) is 0.670. The number of hydrogen-bond donors (Lipinski definition) is 1. The first-order chi connectivity index (χ1) is 9.63. The van der Waals surface area contributed by atoms with Crippen LogP contribution in [0.3, 0.4) is 0 Å². The van der Waals surface area contributed by atoms with E-state index in [9.17, 15) is 4.79 Å². The summed E-state index contributed by atoms with van der Waals surface area (Å²) in [6, 6.07) is 8.91. The molecule has 2 aromatic rings. The van der Waals surface area contributed by atoms with Gasteiger partial charge in [0, 0.05) is 7.05 Å². The van der Waals surface area contributed by atoms with Crippen molar-refractivity contribution in [2.24, 2.45) is 0 Å². The van der Waals surface area contributed by atoms with E-state index in [4.69, 9.17) is 14.9 Å². The number of benzene rings is 1. The van der Waals surface area contributed by atoms with Gasteiger partial charge < -0.3 is 19.8 Å². The fraction of sp³-hybridized carbons (Fsp3) is 0.267. The van der Waals surface area contributed by atoms with Gasteiger partial charge in [-0.25, -0.2) is 4.79 Å². The van der Waals surface area contributed by atoms with E-state index < -0.39 is 0 Å². The molecule has 0 spiro atoms. The first-order valence-corrected chi connectivity index (χ1v) is 6.42. The molecule has 0 fully saturated rings. The van der Waals surface area contributed by atoms with Gasteiger partial charge in [0.05, 0.1) is 36.4 Å². The number of para-hydroxylation sites is 1. The van der Waals surface area contributed by atoms with E-state index in [1.807, 2.05) is 24.1 Å². The van der Waals surface area contributed by atoms with E-state index in [2.05, 4.69) is 0 Å². The molecular weight excluding hydrogens is 256 g/mol. The Morgan fingerprint density at radius 2 is 2.15 bits per heavy atom. The Kier molecular flexibility index (Phi) is 4.30. The van der Waals surface area contributed by atoms with Crippen molar-refractivity contribution in [3.63, 3.8) is 0 Å². The summed E-state index contributed by atoms with van der Waals surface area (Å²) in [5, 5.41) is 0. The number of furan rings is 1. The number of nitrogens with zero attached hydrogens (tertiary/aromatic N) is 1. The summed E-state index contributed by atoms with van der Waals surface area (Å²) < 4.78 is 10.4. The van der Waals surface area contributed by atoms with Crippen LogP contribution < -0.4 is 10.6 Å². The van der Waals surface area contributed by atoms with Crippen LogP contribution in [0, 0.1) is 0 Å². The summed E-state index contributed by atoms with van der Waals surface area (Å²) in [6.07, 6.45) is 1.61. The molecule has 1 heterocycles. The zero-order chi connectivity index (χ0) is 14.5. The van der Waals surface area contributed by atoms with Gasteiger partial charge in [0.1, 0.15) is 5.76 Å². The Hall–Kier alpha value is -2.43. The van der Waals surface area contributed by atoms with Gasteiger partial charge in [0.25, 0.3) is 0 Å². The summed E-state index contributed by atoms with van der Waals surface area (Å²) in [5.41, 5.74) is 7.65. The van der Waals surface area contributed by atoms with Crippen LogP contribution in [0.15, 0.2) is 41.0 Å². The van der Waals surface area contributed by atoms with Crippen LogP contribution in [0.25, 0.3) is 0 Å². The second kappa shape index (κ2) is 6.14. The third kappa shape index (κ3) is 2.93. The van der Waals surface area contributed by atoms with E-state index in [1.165, 1.54) is 0 Å². The van der Waals surface area contributed by atoms with Crippen molar-refractivity contribution in [1.29, 1.82) is 0 Å². The molecule has 5 heteroatoms. The minimum absolute atomic E-state index is 0.328. The van der Waals surface area contributed by atoms with Crippen molar-refractivity contribution in [3.05, 3.63) is 47.9 Å². The number of carbonyl (C=O) groups is 1. The van der Waals surface area contributed by atoms with E-state index in [1.54, 1.807) is 31.4 Å². The van der Waals surface area contributed by atoms with Crippen LogP contribution in [0.4, 0.5) is 11.4 Å². The summed E-state index contributed by atoms with van der Waals surface area (Å²) >= 11 is 0. The smallest absolute Gasteiger partial charge is 0.340 e. The van der Waals surface area contributed by atoms with E-state index in [0.717, 1.165) is 5.76 Å². The summed E-state index contributed by atoms with van der Waals surface area (Å²) in [7, 11) is 1.86. The molecule has 2 N–H and O–H groups in total. The maximum Gasteiger partial charge on any atom is 0.340 e. The van der Waals surface area contributed by atoms with Crippen molar-refractivity contribution in [3.8, 4) is 0 Å². The minimum Gasteiger partial charge on any atom is -0.467 e. The van der Waals surface area contributed by atoms with Gasteiger partial charge >= 0.3 is 5.97 Å². The molecule has 1 aromatic heterocycles. The lowest BCUT2D eigenvalue weighted by molar-refractivity contribution is 0.0527. The zero-order valence-corrected chi connectivity index (χ0v) is 11.6. The lowest BCUT2D eigenvalue weighted by atomic mass is 10.1. The van der Waals surface area contributed by atoms with Crippen LogP contribution in [-0.4, -0.2) is 19.6 Å². The van der Waals surface area contributed by atoms with Gasteiger partial charge in [-0.1, -0.05) is 6.07 Å². The molecule has 106 valence electrons. The van der Waals surface area contributed by atoms with Crippen molar-refractivity contribution in [2.45, 2.75) is 13.5 Å². The SMILES string of the molecule is CCOC(=O)c1cccc(N)c1N(C)Cc1ccco1. The molecule has 0 unspecified atom stereocenters. The van der Waals surface area contributed by atoms with Gasteiger partial charge in [-0.2, -0.15) is 0 Å². The molecule has 2 rings (SSSR count). The predicted molar refractivity (Wildman–Crippen MR) is 77.6 cm³/mol. The number of anilines is 2. The fourth-order valence-electron chi connectivity index (χ4n) is 2.08. The average Bonchev–Trinajstić information content (AvgIpc) is 2.91. The maximum absolute atomic E-state index is 12.0. The topological polar surface area (TPSA) is 68.7 Å². The number of hydrogen-bond acceptors (Lipinski definition) is 5. The van der Waals surface area contributed by atoms with E-state index in [0.29, 0.717) is 30.1 Å². The molecule has 0 bridgehead atoms. The highest BCUT2D eigenvalue weighted by atomic mass is 16.5. The number of nitrogens with two attached hydrogens (primary N) is 1. The van der Waals surface area contributed by atoms with Crippen LogP contribution in [0.5, 0.6) is 0 Å². The molecule has 1 aromatic carbocycles. The first-order valence-electron chi connectivity index (χ1n) is 6.42. The Morgan fingerprint density at radius 1 is 1.35 bits per heavy atom. The monoisotopic (exact) mass is 274 g/mol. The molecule has 0 aliphatic carbocycles. The standard InChI is InChI=1S/C15H18N2O3/c1-3-19-15(18)12-7-4-8-13(16)14(12)17(2)10-11-6-5-9-20-11/h4-9H,3,10,16H2,1-2H3. The van der Waals surface area contributed by atoms with Gasteiger partial charge in [-0.15, -0.1) is 0 Å². The Labute approximate surface area is 117 Å². The lowest BCUT2D eigenvalue weighted by Gasteiger charge is -2.22. The molecule has 0 atom stereocenters. The van der Waals surface area contributed by atoms with Crippen LogP contribution >= 0.6 is 0 Å². The third-order valence-electron chi connectivity index (χ3n) is 2.92. The van der Waals surface area contributed by atoms with Gasteiger partial charge in [0.2, 0.25) is 0 Å². The van der Waals surface area contributed by atoms with E-state index >= 15 is 0 Å². The van der Waals surface area contributed by atoms with Crippen molar-refractivity contribution in [2.75, 3.05) is 24.3 Å². The Balaban J connectivity index is 2.31.